The molecule has 14 heavy (non-hydrogen) atoms. The van der Waals surface area contributed by atoms with Crippen molar-refractivity contribution < 1.29 is 0 Å². The highest BCUT2D eigenvalue weighted by Crippen LogP contribution is 2.21. The van der Waals surface area contributed by atoms with Crippen LogP contribution in [0.2, 0.25) is 10.0 Å². The lowest BCUT2D eigenvalue weighted by Crippen LogP contribution is -2.10. The number of halogens is 2. The molecule has 0 bridgehead atoms. The smallest absolute Gasteiger partial charge is 0.0939 e. The lowest BCUT2D eigenvalue weighted by Gasteiger charge is -1.99. The summed E-state index contributed by atoms with van der Waals surface area (Å²) in [6.45, 7) is 1.66. The first-order valence-corrected chi connectivity index (χ1v) is 4.78. The Labute approximate surface area is 93.0 Å². The van der Waals surface area contributed by atoms with Gasteiger partial charge in [-0.05, 0) is 30.7 Å². The van der Waals surface area contributed by atoms with Gasteiger partial charge in [0, 0.05) is 16.2 Å². The van der Waals surface area contributed by atoms with Crippen molar-refractivity contribution in [2.75, 3.05) is 0 Å². The second-order valence-corrected chi connectivity index (χ2v) is 3.61. The minimum Gasteiger partial charge on any atom is -0.351 e. The lowest BCUT2D eigenvalue weighted by atomic mass is 10.2. The molecule has 2 nitrogen and oxygen atoms in total. The van der Waals surface area contributed by atoms with Gasteiger partial charge >= 0.3 is 0 Å². The van der Waals surface area contributed by atoms with E-state index in [0.717, 1.165) is 5.56 Å². The SMILES string of the molecule is CC(=N)N/C=C/c1ccc(Cl)cc1Cl. The molecule has 0 aliphatic rings. The first-order chi connectivity index (χ1) is 6.59. The number of rotatable bonds is 2. The van der Waals surface area contributed by atoms with Crippen molar-refractivity contribution in [2.24, 2.45) is 0 Å². The van der Waals surface area contributed by atoms with Crippen LogP contribution in [0.25, 0.3) is 6.08 Å². The third-order valence-corrected chi connectivity index (χ3v) is 2.09. The van der Waals surface area contributed by atoms with E-state index in [1.807, 2.05) is 6.07 Å². The van der Waals surface area contributed by atoms with Crippen LogP contribution in [-0.4, -0.2) is 5.84 Å². The second-order valence-electron chi connectivity index (χ2n) is 2.77. The van der Waals surface area contributed by atoms with E-state index < -0.39 is 0 Å². The number of amidine groups is 1. The van der Waals surface area contributed by atoms with Gasteiger partial charge in [0.25, 0.3) is 0 Å². The highest BCUT2D eigenvalue weighted by atomic mass is 35.5. The van der Waals surface area contributed by atoms with Gasteiger partial charge in [-0.2, -0.15) is 0 Å². The van der Waals surface area contributed by atoms with Crippen LogP contribution >= 0.6 is 23.2 Å². The molecule has 0 heterocycles. The van der Waals surface area contributed by atoms with Crippen molar-refractivity contribution >= 4 is 35.1 Å². The summed E-state index contributed by atoms with van der Waals surface area (Å²) in [6, 6.07) is 5.27. The van der Waals surface area contributed by atoms with E-state index >= 15 is 0 Å². The van der Waals surface area contributed by atoms with E-state index in [2.05, 4.69) is 5.32 Å². The topological polar surface area (TPSA) is 35.9 Å². The zero-order chi connectivity index (χ0) is 10.6. The maximum absolute atomic E-state index is 7.13. The molecule has 4 heteroatoms. The van der Waals surface area contributed by atoms with Crippen molar-refractivity contribution in [3.63, 3.8) is 0 Å². The van der Waals surface area contributed by atoms with Crippen LogP contribution in [0.5, 0.6) is 0 Å². The highest BCUT2D eigenvalue weighted by molar-refractivity contribution is 6.35. The molecule has 0 saturated carbocycles. The third-order valence-electron chi connectivity index (χ3n) is 1.53. The Balaban J connectivity index is 2.76. The van der Waals surface area contributed by atoms with Gasteiger partial charge in [0.1, 0.15) is 0 Å². The summed E-state index contributed by atoms with van der Waals surface area (Å²) in [6.07, 6.45) is 3.45. The van der Waals surface area contributed by atoms with Crippen LogP contribution < -0.4 is 5.32 Å². The highest BCUT2D eigenvalue weighted by Gasteiger charge is 1.96. The number of hydrogen-bond acceptors (Lipinski definition) is 1. The molecule has 74 valence electrons. The molecule has 0 unspecified atom stereocenters. The Morgan fingerprint density at radius 2 is 2.14 bits per heavy atom. The van der Waals surface area contributed by atoms with E-state index in [-0.39, 0.29) is 0 Å². The average Bonchev–Trinajstić information content (AvgIpc) is 2.08. The minimum atomic E-state index is 0.381. The molecular weight excluding hydrogens is 219 g/mol. The standard InChI is InChI=1S/C10H10Cl2N2/c1-7(13)14-5-4-8-2-3-9(11)6-10(8)12/h2-6H,1H3,(H2,13,14)/b5-4+. The Kier molecular flexibility index (Phi) is 3.98. The Morgan fingerprint density at radius 1 is 1.43 bits per heavy atom. The number of hydrogen-bond donors (Lipinski definition) is 2. The van der Waals surface area contributed by atoms with Crippen molar-refractivity contribution in [2.45, 2.75) is 6.92 Å². The maximum atomic E-state index is 7.13. The molecule has 0 spiro atoms. The summed E-state index contributed by atoms with van der Waals surface area (Å²) in [7, 11) is 0. The fourth-order valence-electron chi connectivity index (χ4n) is 0.893. The quantitative estimate of drug-likeness (QED) is 0.590. The van der Waals surface area contributed by atoms with Crippen LogP contribution in [0.3, 0.4) is 0 Å². The normalized spacial score (nSPS) is 10.5. The third kappa shape index (κ3) is 3.40. The number of benzene rings is 1. The summed E-state index contributed by atoms with van der Waals surface area (Å²) < 4.78 is 0. The Morgan fingerprint density at radius 3 is 2.71 bits per heavy atom. The molecule has 1 aromatic rings. The molecule has 2 N–H and O–H groups in total. The second kappa shape index (κ2) is 5.03. The van der Waals surface area contributed by atoms with Gasteiger partial charge < -0.3 is 5.32 Å². The molecule has 0 aromatic heterocycles. The van der Waals surface area contributed by atoms with Gasteiger partial charge in [0.05, 0.1) is 5.84 Å². The summed E-state index contributed by atoms with van der Waals surface area (Å²) in [5, 5.41) is 11.1. The van der Waals surface area contributed by atoms with Gasteiger partial charge in [-0.15, -0.1) is 0 Å². The van der Waals surface area contributed by atoms with Gasteiger partial charge in [0.2, 0.25) is 0 Å². The molecule has 1 aromatic carbocycles. The van der Waals surface area contributed by atoms with E-state index in [4.69, 9.17) is 28.6 Å². The fraction of sp³-hybridized carbons (Fsp3) is 0.100. The van der Waals surface area contributed by atoms with Crippen LogP contribution in [-0.2, 0) is 0 Å². The van der Waals surface area contributed by atoms with Gasteiger partial charge in [0.15, 0.2) is 0 Å². The van der Waals surface area contributed by atoms with E-state index in [0.29, 0.717) is 15.9 Å². The van der Waals surface area contributed by atoms with Crippen molar-refractivity contribution in [3.8, 4) is 0 Å². The maximum Gasteiger partial charge on any atom is 0.0939 e. The lowest BCUT2D eigenvalue weighted by molar-refractivity contribution is 1.22. The summed E-state index contributed by atoms with van der Waals surface area (Å²) in [4.78, 5) is 0. The fourth-order valence-corrected chi connectivity index (χ4v) is 1.36. The monoisotopic (exact) mass is 228 g/mol. The van der Waals surface area contributed by atoms with Gasteiger partial charge in [-0.25, -0.2) is 0 Å². The molecule has 0 aliphatic carbocycles. The van der Waals surface area contributed by atoms with E-state index in [9.17, 15) is 0 Å². The minimum absolute atomic E-state index is 0.381. The molecule has 0 radical (unpaired) electrons. The summed E-state index contributed by atoms with van der Waals surface area (Å²) >= 11 is 11.7. The van der Waals surface area contributed by atoms with Crippen LogP contribution in [0.4, 0.5) is 0 Å². The largest absolute Gasteiger partial charge is 0.351 e. The predicted molar refractivity (Wildman–Crippen MR) is 62.0 cm³/mol. The molecule has 0 atom stereocenters. The Bertz CT molecular complexity index is 372. The molecule has 0 fully saturated rings. The summed E-state index contributed by atoms with van der Waals surface area (Å²) in [5.41, 5.74) is 0.866. The molecule has 0 amide bonds. The van der Waals surface area contributed by atoms with Crippen molar-refractivity contribution in [3.05, 3.63) is 40.0 Å². The molecular formula is C10H10Cl2N2. The number of nitrogens with one attached hydrogen (secondary N) is 2. The molecule has 1 rings (SSSR count). The first-order valence-electron chi connectivity index (χ1n) is 4.03. The first kappa shape index (κ1) is 11.1. The Hall–Kier alpha value is -0.990. The summed E-state index contributed by atoms with van der Waals surface area (Å²) in [5.74, 6) is 0.381. The van der Waals surface area contributed by atoms with Crippen LogP contribution in [0.1, 0.15) is 12.5 Å². The zero-order valence-corrected chi connectivity index (χ0v) is 9.15. The van der Waals surface area contributed by atoms with Crippen LogP contribution in [0.15, 0.2) is 24.4 Å². The van der Waals surface area contributed by atoms with Crippen LogP contribution in [0, 0.1) is 5.41 Å². The average molecular weight is 229 g/mol. The van der Waals surface area contributed by atoms with Crippen molar-refractivity contribution in [1.82, 2.24) is 5.32 Å². The zero-order valence-electron chi connectivity index (χ0n) is 7.64. The molecule has 0 aliphatic heterocycles. The van der Waals surface area contributed by atoms with Gasteiger partial charge in [-0.1, -0.05) is 29.3 Å². The van der Waals surface area contributed by atoms with E-state index in [1.165, 1.54) is 0 Å². The van der Waals surface area contributed by atoms with Crippen molar-refractivity contribution in [1.29, 1.82) is 5.41 Å². The molecule has 0 saturated heterocycles. The van der Waals surface area contributed by atoms with Gasteiger partial charge in [-0.3, -0.25) is 5.41 Å². The predicted octanol–water partition coefficient (Wildman–Crippen LogP) is 3.55. The van der Waals surface area contributed by atoms with E-state index in [1.54, 1.807) is 31.3 Å².